The van der Waals surface area contributed by atoms with Gasteiger partial charge in [0.1, 0.15) is 0 Å². The number of ether oxygens (including phenoxy) is 1. The second-order valence-electron chi connectivity index (χ2n) is 7.58. The minimum absolute atomic E-state index is 0.0934. The van der Waals surface area contributed by atoms with Gasteiger partial charge in [-0.25, -0.2) is 4.98 Å². The Balaban J connectivity index is 1.64. The molecule has 0 bridgehead atoms. The van der Waals surface area contributed by atoms with Crippen molar-refractivity contribution in [3.63, 3.8) is 0 Å². The first kappa shape index (κ1) is 21.7. The molecule has 0 atom stereocenters. The van der Waals surface area contributed by atoms with Crippen molar-refractivity contribution < 1.29 is 14.6 Å². The minimum Gasteiger partial charge on any atom is -0.481 e. The first-order chi connectivity index (χ1) is 16.6. The lowest BCUT2D eigenvalue weighted by atomic mass is 9.95. The molecule has 0 spiro atoms. The second kappa shape index (κ2) is 9.36. The van der Waals surface area contributed by atoms with Gasteiger partial charge in [-0.1, -0.05) is 48.2 Å². The van der Waals surface area contributed by atoms with Crippen LogP contribution >= 0.6 is 11.8 Å². The van der Waals surface area contributed by atoms with Crippen LogP contribution in [-0.2, 0) is 4.79 Å². The molecule has 2 aromatic heterocycles. The van der Waals surface area contributed by atoms with Crippen LogP contribution in [0.15, 0.2) is 84.1 Å². The molecule has 7 nitrogen and oxygen atoms in total. The van der Waals surface area contributed by atoms with Crippen molar-refractivity contribution in [1.82, 2.24) is 20.2 Å². The summed E-state index contributed by atoms with van der Waals surface area (Å²) in [5.41, 5.74) is 4.65. The smallest absolute Gasteiger partial charge is 0.313 e. The van der Waals surface area contributed by atoms with Crippen LogP contribution in [-0.4, -0.2) is 44.1 Å². The molecule has 34 heavy (non-hydrogen) atoms. The van der Waals surface area contributed by atoms with Gasteiger partial charge in [-0.15, -0.1) is 10.2 Å². The van der Waals surface area contributed by atoms with Crippen molar-refractivity contribution in [3.05, 3.63) is 79.0 Å². The Morgan fingerprint density at radius 3 is 2.53 bits per heavy atom. The number of aromatic amines is 1. The topological polar surface area (TPSA) is 101 Å². The average molecular weight is 469 g/mol. The number of nitrogens with zero attached hydrogens (tertiary/aromatic N) is 3. The zero-order valence-corrected chi connectivity index (χ0v) is 19.0. The zero-order valence-electron chi connectivity index (χ0n) is 18.2. The van der Waals surface area contributed by atoms with Crippen LogP contribution < -0.4 is 4.74 Å². The Morgan fingerprint density at radius 2 is 1.71 bits per heavy atom. The van der Waals surface area contributed by atoms with Crippen molar-refractivity contribution in [1.29, 1.82) is 0 Å². The molecule has 0 saturated carbocycles. The molecule has 0 radical (unpaired) electrons. The predicted octanol–water partition coefficient (Wildman–Crippen LogP) is 5.54. The van der Waals surface area contributed by atoms with Crippen LogP contribution in [0.2, 0.25) is 0 Å². The number of hydrogen-bond donors (Lipinski definition) is 2. The number of pyridine rings is 1. The van der Waals surface area contributed by atoms with Gasteiger partial charge in [0.15, 0.2) is 11.0 Å². The Labute approximate surface area is 199 Å². The summed E-state index contributed by atoms with van der Waals surface area (Å²) in [7, 11) is 1.60. The highest BCUT2D eigenvalue weighted by Gasteiger charge is 2.14. The second-order valence-corrected chi connectivity index (χ2v) is 8.55. The molecule has 2 N–H and O–H groups in total. The summed E-state index contributed by atoms with van der Waals surface area (Å²) in [6, 6.07) is 24.6. The Hall–Kier alpha value is -4.17. The van der Waals surface area contributed by atoms with E-state index in [2.05, 4.69) is 56.6 Å². The Kier molecular flexibility index (Phi) is 5.97. The normalized spacial score (nSPS) is 11.0. The van der Waals surface area contributed by atoms with Gasteiger partial charge in [-0.2, -0.15) is 0 Å². The van der Waals surface area contributed by atoms with Gasteiger partial charge in [0.05, 0.1) is 12.9 Å². The number of fused-ring (bicyclic) bond motifs is 1. The van der Waals surface area contributed by atoms with Gasteiger partial charge in [-0.05, 0) is 63.9 Å². The SMILES string of the molecule is COc1ncccc1-c1cc(-c2ccc3ccccc3c2)cc(-c2nnc(SCC(=O)O)[nH]2)c1. The largest absolute Gasteiger partial charge is 0.481 e. The quantitative estimate of drug-likeness (QED) is 0.303. The molecule has 5 rings (SSSR count). The highest BCUT2D eigenvalue weighted by Crippen LogP contribution is 2.36. The number of methoxy groups -OCH3 is 1. The van der Waals surface area contributed by atoms with Crippen molar-refractivity contribution in [2.45, 2.75) is 5.16 Å². The molecular weight excluding hydrogens is 448 g/mol. The Morgan fingerprint density at radius 1 is 0.912 bits per heavy atom. The number of carbonyl (C=O) groups is 1. The standard InChI is InChI=1S/C26H20N4O3S/c1-33-25-22(7-4-10-27-25)20-12-19(18-9-8-16-5-2-3-6-17(16)11-18)13-21(14-20)24-28-26(30-29-24)34-15-23(31)32/h2-14H,15H2,1H3,(H,31,32)(H,28,29,30). The van der Waals surface area contributed by atoms with Crippen LogP contribution in [0, 0.1) is 0 Å². The summed E-state index contributed by atoms with van der Waals surface area (Å²) >= 11 is 1.09. The van der Waals surface area contributed by atoms with Crippen LogP contribution in [0.4, 0.5) is 0 Å². The van der Waals surface area contributed by atoms with E-state index in [1.54, 1.807) is 13.3 Å². The maximum atomic E-state index is 10.9. The number of H-pyrrole nitrogens is 1. The van der Waals surface area contributed by atoms with E-state index < -0.39 is 5.97 Å². The van der Waals surface area contributed by atoms with Gasteiger partial charge in [-0.3, -0.25) is 4.79 Å². The van der Waals surface area contributed by atoms with Crippen molar-refractivity contribution >= 4 is 28.5 Å². The number of rotatable bonds is 7. The van der Waals surface area contributed by atoms with Gasteiger partial charge >= 0.3 is 5.97 Å². The first-order valence-corrected chi connectivity index (χ1v) is 11.5. The van der Waals surface area contributed by atoms with E-state index in [9.17, 15) is 4.79 Å². The monoisotopic (exact) mass is 468 g/mol. The van der Waals surface area contributed by atoms with Crippen LogP contribution in [0.5, 0.6) is 5.88 Å². The third kappa shape index (κ3) is 4.49. The molecule has 0 fully saturated rings. The highest BCUT2D eigenvalue weighted by molar-refractivity contribution is 7.99. The maximum Gasteiger partial charge on any atom is 0.313 e. The summed E-state index contributed by atoms with van der Waals surface area (Å²) in [6.07, 6.45) is 1.69. The van der Waals surface area contributed by atoms with Crippen LogP contribution in [0.1, 0.15) is 0 Å². The molecule has 8 heteroatoms. The summed E-state index contributed by atoms with van der Waals surface area (Å²) < 4.78 is 5.50. The summed E-state index contributed by atoms with van der Waals surface area (Å²) in [5.74, 6) is 0.0791. The van der Waals surface area contributed by atoms with Gasteiger partial charge < -0.3 is 14.8 Å². The number of aromatic nitrogens is 4. The van der Waals surface area contributed by atoms with E-state index in [0.29, 0.717) is 16.9 Å². The predicted molar refractivity (Wildman–Crippen MR) is 133 cm³/mol. The van der Waals surface area contributed by atoms with Crippen molar-refractivity contribution in [2.75, 3.05) is 12.9 Å². The number of aliphatic carboxylic acids is 1. The lowest BCUT2D eigenvalue weighted by molar-refractivity contribution is -0.133. The van der Waals surface area contributed by atoms with Gasteiger partial charge in [0.25, 0.3) is 0 Å². The van der Waals surface area contributed by atoms with E-state index in [0.717, 1.165) is 45.0 Å². The molecule has 168 valence electrons. The first-order valence-electron chi connectivity index (χ1n) is 10.5. The fourth-order valence-corrected chi connectivity index (χ4v) is 4.33. The van der Waals surface area contributed by atoms with Gasteiger partial charge in [0, 0.05) is 17.3 Å². The summed E-state index contributed by atoms with van der Waals surface area (Å²) in [6.45, 7) is 0. The number of carboxylic acid groups (broad SMARTS) is 1. The summed E-state index contributed by atoms with van der Waals surface area (Å²) in [4.78, 5) is 18.4. The maximum absolute atomic E-state index is 10.9. The van der Waals surface area contributed by atoms with E-state index in [4.69, 9.17) is 9.84 Å². The van der Waals surface area contributed by atoms with E-state index in [-0.39, 0.29) is 5.75 Å². The van der Waals surface area contributed by atoms with E-state index in [1.165, 1.54) is 5.39 Å². The zero-order chi connectivity index (χ0) is 23.5. The molecule has 0 unspecified atom stereocenters. The van der Waals surface area contributed by atoms with Crippen LogP contribution in [0.3, 0.4) is 0 Å². The molecule has 3 aromatic carbocycles. The van der Waals surface area contributed by atoms with Gasteiger partial charge in [0.2, 0.25) is 5.88 Å². The third-order valence-corrected chi connectivity index (χ3v) is 6.21. The number of benzene rings is 3. The number of carboxylic acids is 1. The third-order valence-electron chi connectivity index (χ3n) is 5.36. The minimum atomic E-state index is -0.910. The molecule has 0 amide bonds. The van der Waals surface area contributed by atoms with Crippen molar-refractivity contribution in [3.8, 4) is 39.5 Å². The number of thioether (sulfide) groups is 1. The molecule has 2 heterocycles. The molecule has 0 saturated heterocycles. The molecular formula is C26H20N4O3S. The van der Waals surface area contributed by atoms with E-state index in [1.807, 2.05) is 36.4 Å². The average Bonchev–Trinajstić information content (AvgIpc) is 3.36. The molecule has 0 aliphatic rings. The lowest BCUT2D eigenvalue weighted by Gasteiger charge is -2.12. The fraction of sp³-hybridized carbons (Fsp3) is 0.0769. The fourth-order valence-electron chi connectivity index (χ4n) is 3.80. The highest BCUT2D eigenvalue weighted by atomic mass is 32.2. The molecule has 0 aliphatic carbocycles. The number of nitrogens with one attached hydrogen (secondary N) is 1. The lowest BCUT2D eigenvalue weighted by Crippen LogP contribution is -1.97. The number of hydrogen-bond acceptors (Lipinski definition) is 6. The molecule has 0 aliphatic heterocycles. The Bertz CT molecular complexity index is 1500. The van der Waals surface area contributed by atoms with E-state index >= 15 is 0 Å². The molecule has 5 aromatic rings. The van der Waals surface area contributed by atoms with Crippen LogP contribution in [0.25, 0.3) is 44.4 Å². The summed E-state index contributed by atoms with van der Waals surface area (Å²) in [5, 5.41) is 20.1. The van der Waals surface area contributed by atoms with Crippen molar-refractivity contribution in [2.24, 2.45) is 0 Å².